The molecule has 3 rings (SSSR count). The van der Waals surface area contributed by atoms with Gasteiger partial charge in [0, 0.05) is 12.6 Å². The molecule has 0 bridgehead atoms. The predicted octanol–water partition coefficient (Wildman–Crippen LogP) is 3.23. The van der Waals surface area contributed by atoms with Crippen LogP contribution in [-0.2, 0) is 16.7 Å². The number of hydrogen-bond donors (Lipinski definition) is 0. The Labute approximate surface area is 159 Å². The molecule has 2 aromatic carbocycles. The van der Waals surface area contributed by atoms with E-state index in [4.69, 9.17) is 8.92 Å². The van der Waals surface area contributed by atoms with Crippen LogP contribution in [0.15, 0.2) is 48.5 Å². The lowest BCUT2D eigenvalue weighted by atomic mass is 10.1. The second kappa shape index (κ2) is 8.00. The molecule has 0 atom stereocenters. The lowest BCUT2D eigenvalue weighted by Gasteiger charge is -2.23. The van der Waals surface area contributed by atoms with Crippen LogP contribution in [0.3, 0.4) is 0 Å². The molecule has 1 aliphatic rings. The number of methoxy groups -OCH3 is 1. The first kappa shape index (κ1) is 19.2. The average Bonchev–Trinajstić information content (AvgIpc) is 3.51. The van der Waals surface area contributed by atoms with Crippen molar-refractivity contribution in [1.29, 1.82) is 0 Å². The summed E-state index contributed by atoms with van der Waals surface area (Å²) in [5, 5.41) is 0. The maximum absolute atomic E-state index is 13.0. The van der Waals surface area contributed by atoms with Crippen molar-refractivity contribution in [1.82, 2.24) is 4.90 Å². The summed E-state index contributed by atoms with van der Waals surface area (Å²) < 4.78 is 33.4. The SMILES string of the molecule is CCS(=O)(=O)Oc1ccc(CN(C(=O)c2ccccc2OC)C2CC2)cc1. The molecule has 0 unspecified atom stereocenters. The predicted molar refractivity (Wildman–Crippen MR) is 102 cm³/mol. The minimum atomic E-state index is -3.55. The van der Waals surface area contributed by atoms with E-state index in [9.17, 15) is 13.2 Å². The third-order valence-corrected chi connectivity index (χ3v) is 5.59. The van der Waals surface area contributed by atoms with Crippen molar-refractivity contribution >= 4 is 16.0 Å². The van der Waals surface area contributed by atoms with Gasteiger partial charge in [0.15, 0.2) is 0 Å². The van der Waals surface area contributed by atoms with Gasteiger partial charge < -0.3 is 13.8 Å². The van der Waals surface area contributed by atoms with Crippen molar-refractivity contribution in [2.45, 2.75) is 32.4 Å². The fraction of sp³-hybridized carbons (Fsp3) is 0.350. The highest BCUT2D eigenvalue weighted by molar-refractivity contribution is 7.87. The summed E-state index contributed by atoms with van der Waals surface area (Å²) in [7, 11) is -2.00. The largest absolute Gasteiger partial charge is 0.496 e. The summed E-state index contributed by atoms with van der Waals surface area (Å²) in [6.45, 7) is 1.98. The molecule has 144 valence electrons. The fourth-order valence-corrected chi connectivity index (χ4v) is 3.30. The van der Waals surface area contributed by atoms with Gasteiger partial charge in [-0.15, -0.1) is 0 Å². The van der Waals surface area contributed by atoms with Crippen molar-refractivity contribution in [2.75, 3.05) is 12.9 Å². The Kier molecular flexibility index (Phi) is 5.70. The zero-order valence-corrected chi connectivity index (χ0v) is 16.2. The van der Waals surface area contributed by atoms with Crippen LogP contribution in [0.4, 0.5) is 0 Å². The molecule has 0 spiro atoms. The van der Waals surface area contributed by atoms with E-state index >= 15 is 0 Å². The number of nitrogens with zero attached hydrogens (tertiary/aromatic N) is 1. The molecule has 27 heavy (non-hydrogen) atoms. The van der Waals surface area contributed by atoms with Crippen LogP contribution in [0.5, 0.6) is 11.5 Å². The maximum atomic E-state index is 13.0. The molecule has 1 aliphatic carbocycles. The molecule has 0 N–H and O–H groups in total. The van der Waals surface area contributed by atoms with Crippen LogP contribution in [-0.4, -0.2) is 38.1 Å². The number of hydrogen-bond acceptors (Lipinski definition) is 5. The molecule has 0 aliphatic heterocycles. The van der Waals surface area contributed by atoms with Gasteiger partial charge in [-0.05, 0) is 49.6 Å². The first-order valence-electron chi connectivity index (χ1n) is 8.88. The Morgan fingerprint density at radius 2 is 1.78 bits per heavy atom. The number of carbonyl (C=O) groups is 1. The third kappa shape index (κ3) is 4.80. The highest BCUT2D eigenvalue weighted by Crippen LogP contribution is 2.32. The van der Waals surface area contributed by atoms with E-state index in [-0.39, 0.29) is 23.5 Å². The van der Waals surface area contributed by atoms with E-state index in [0.29, 0.717) is 17.9 Å². The van der Waals surface area contributed by atoms with Crippen molar-refractivity contribution in [3.8, 4) is 11.5 Å². The molecule has 6 nitrogen and oxygen atoms in total. The standard InChI is InChI=1S/C20H23NO5S/c1-3-27(23,24)26-17-12-8-15(9-13-17)14-21(16-10-11-16)20(22)18-6-4-5-7-19(18)25-2/h4-9,12-13,16H,3,10-11,14H2,1-2H3. The number of benzene rings is 2. The van der Waals surface area contributed by atoms with Gasteiger partial charge in [0.2, 0.25) is 0 Å². The van der Waals surface area contributed by atoms with Gasteiger partial charge in [-0.1, -0.05) is 24.3 Å². The summed E-state index contributed by atoms with van der Waals surface area (Å²) in [5.74, 6) is 0.678. The van der Waals surface area contributed by atoms with Gasteiger partial charge in [-0.25, -0.2) is 0 Å². The molecule has 0 heterocycles. The van der Waals surface area contributed by atoms with E-state index in [1.165, 1.54) is 6.92 Å². The topological polar surface area (TPSA) is 72.9 Å². The van der Waals surface area contributed by atoms with Crippen LogP contribution in [0.25, 0.3) is 0 Å². The number of para-hydroxylation sites is 1. The second-order valence-electron chi connectivity index (χ2n) is 6.44. The molecule has 1 fully saturated rings. The molecule has 0 aromatic heterocycles. The van der Waals surface area contributed by atoms with Crippen molar-refractivity contribution in [3.05, 3.63) is 59.7 Å². The quantitative estimate of drug-likeness (QED) is 0.648. The first-order chi connectivity index (χ1) is 12.9. The summed E-state index contributed by atoms with van der Waals surface area (Å²) in [4.78, 5) is 14.9. The highest BCUT2D eigenvalue weighted by atomic mass is 32.2. The molecule has 7 heteroatoms. The van der Waals surface area contributed by atoms with Crippen LogP contribution >= 0.6 is 0 Å². The van der Waals surface area contributed by atoms with Gasteiger partial charge in [0.25, 0.3) is 5.91 Å². The fourth-order valence-electron chi connectivity index (χ4n) is 2.78. The Bertz CT molecular complexity index is 904. The van der Waals surface area contributed by atoms with Gasteiger partial charge in [-0.2, -0.15) is 8.42 Å². The van der Waals surface area contributed by atoms with Gasteiger partial charge >= 0.3 is 10.1 Å². The minimum Gasteiger partial charge on any atom is -0.496 e. The number of rotatable bonds is 8. The third-order valence-electron chi connectivity index (χ3n) is 4.44. The van der Waals surface area contributed by atoms with Gasteiger partial charge in [0.05, 0.1) is 18.4 Å². The van der Waals surface area contributed by atoms with Crippen LogP contribution in [0, 0.1) is 0 Å². The van der Waals surface area contributed by atoms with Crippen molar-refractivity contribution in [2.24, 2.45) is 0 Å². The van der Waals surface area contributed by atoms with Crippen LogP contribution in [0.1, 0.15) is 35.7 Å². The second-order valence-corrected chi connectivity index (χ2v) is 8.30. The smallest absolute Gasteiger partial charge is 0.308 e. The van der Waals surface area contributed by atoms with E-state index in [0.717, 1.165) is 18.4 Å². The summed E-state index contributed by atoms with van der Waals surface area (Å²) in [6, 6.07) is 14.2. The number of ether oxygens (including phenoxy) is 1. The number of carbonyl (C=O) groups excluding carboxylic acids is 1. The highest BCUT2D eigenvalue weighted by Gasteiger charge is 2.34. The Balaban J connectivity index is 1.76. The lowest BCUT2D eigenvalue weighted by molar-refractivity contribution is 0.0726. The minimum absolute atomic E-state index is 0.0659. The van der Waals surface area contributed by atoms with E-state index in [1.54, 1.807) is 43.5 Å². The zero-order chi connectivity index (χ0) is 19.4. The Morgan fingerprint density at radius 1 is 1.11 bits per heavy atom. The zero-order valence-electron chi connectivity index (χ0n) is 15.4. The van der Waals surface area contributed by atoms with Crippen LogP contribution < -0.4 is 8.92 Å². The van der Waals surface area contributed by atoms with Crippen molar-refractivity contribution < 1.29 is 22.1 Å². The van der Waals surface area contributed by atoms with Gasteiger partial charge in [0.1, 0.15) is 11.5 Å². The molecular weight excluding hydrogens is 366 g/mol. The van der Waals surface area contributed by atoms with E-state index < -0.39 is 10.1 Å². The molecule has 1 amide bonds. The van der Waals surface area contributed by atoms with Crippen molar-refractivity contribution in [3.63, 3.8) is 0 Å². The van der Waals surface area contributed by atoms with E-state index in [2.05, 4.69) is 0 Å². The van der Waals surface area contributed by atoms with Crippen LogP contribution in [0.2, 0.25) is 0 Å². The Morgan fingerprint density at radius 3 is 2.37 bits per heavy atom. The Hall–Kier alpha value is -2.54. The normalized spacial score (nSPS) is 13.9. The molecule has 2 aromatic rings. The molecular formula is C20H23NO5S. The summed E-state index contributed by atoms with van der Waals surface area (Å²) >= 11 is 0. The summed E-state index contributed by atoms with van der Waals surface area (Å²) in [5.41, 5.74) is 1.45. The summed E-state index contributed by atoms with van der Waals surface area (Å²) in [6.07, 6.45) is 1.97. The maximum Gasteiger partial charge on any atom is 0.308 e. The molecule has 0 saturated heterocycles. The average molecular weight is 389 g/mol. The lowest BCUT2D eigenvalue weighted by Crippen LogP contribution is -2.32. The van der Waals surface area contributed by atoms with E-state index in [1.807, 2.05) is 17.0 Å². The molecule has 1 saturated carbocycles. The van der Waals surface area contributed by atoms with Gasteiger partial charge in [-0.3, -0.25) is 4.79 Å². The monoisotopic (exact) mass is 389 g/mol. The molecule has 0 radical (unpaired) electrons. The first-order valence-corrected chi connectivity index (χ1v) is 10.5. The number of amides is 1.